The third-order valence-electron chi connectivity index (χ3n) is 2.62. The molecular formula is C13H11Br2ClS. The molecule has 0 spiro atoms. The molecule has 0 aliphatic rings. The zero-order valence-electron chi connectivity index (χ0n) is 9.43. The number of alkyl halides is 1. The summed E-state index contributed by atoms with van der Waals surface area (Å²) in [6.45, 7) is 4.24. The fourth-order valence-corrected chi connectivity index (χ4v) is 4.31. The fraction of sp³-hybridized carbons (Fsp3) is 0.231. The van der Waals surface area contributed by atoms with E-state index in [4.69, 9.17) is 11.6 Å². The van der Waals surface area contributed by atoms with E-state index in [9.17, 15) is 0 Å². The second-order valence-corrected chi connectivity index (χ2v) is 7.45. The Morgan fingerprint density at radius 3 is 2.53 bits per heavy atom. The predicted molar refractivity (Wildman–Crippen MR) is 83.7 cm³/mol. The van der Waals surface area contributed by atoms with Crippen molar-refractivity contribution in [1.82, 2.24) is 0 Å². The summed E-state index contributed by atoms with van der Waals surface area (Å²) in [7, 11) is 0. The topological polar surface area (TPSA) is 0 Å². The Bertz CT molecular complexity index is 529. The minimum absolute atomic E-state index is 0.205. The van der Waals surface area contributed by atoms with Crippen LogP contribution in [0.3, 0.4) is 0 Å². The van der Waals surface area contributed by atoms with Crippen LogP contribution < -0.4 is 0 Å². The van der Waals surface area contributed by atoms with Crippen molar-refractivity contribution in [2.75, 3.05) is 0 Å². The summed E-state index contributed by atoms with van der Waals surface area (Å²) in [5, 5.41) is 0. The normalized spacial score (nSPS) is 12.8. The molecule has 1 unspecified atom stereocenters. The average Bonchev–Trinajstić information content (AvgIpc) is 2.62. The van der Waals surface area contributed by atoms with Gasteiger partial charge in [-0.15, -0.1) is 11.3 Å². The van der Waals surface area contributed by atoms with Crippen LogP contribution >= 0.6 is 54.8 Å². The summed E-state index contributed by atoms with van der Waals surface area (Å²) in [5.74, 6) is 0. The smallest absolute Gasteiger partial charge is 0.107 e. The van der Waals surface area contributed by atoms with Crippen LogP contribution in [0.15, 0.2) is 28.7 Å². The Labute approximate surface area is 127 Å². The Kier molecular flexibility index (Phi) is 4.35. The van der Waals surface area contributed by atoms with Gasteiger partial charge in [-0.1, -0.05) is 51.3 Å². The van der Waals surface area contributed by atoms with E-state index in [1.165, 1.54) is 21.6 Å². The minimum Gasteiger partial charge on any atom is -0.126 e. The first-order valence-corrected chi connectivity index (χ1v) is 8.05. The van der Waals surface area contributed by atoms with Crippen LogP contribution in [-0.4, -0.2) is 0 Å². The predicted octanol–water partition coefficient (Wildman–Crippen LogP) is 6.27. The first-order chi connectivity index (χ1) is 7.99. The third-order valence-corrected chi connectivity index (χ3v) is 6.45. The van der Waals surface area contributed by atoms with Gasteiger partial charge in [0.05, 0.1) is 4.83 Å². The van der Waals surface area contributed by atoms with E-state index in [1.54, 1.807) is 11.3 Å². The van der Waals surface area contributed by atoms with Gasteiger partial charge in [-0.25, -0.2) is 0 Å². The molecule has 2 rings (SSSR count). The highest BCUT2D eigenvalue weighted by molar-refractivity contribution is 9.10. The zero-order valence-corrected chi connectivity index (χ0v) is 14.2. The molecular weight excluding hydrogens is 383 g/mol. The van der Waals surface area contributed by atoms with Crippen LogP contribution in [-0.2, 0) is 0 Å². The lowest BCUT2D eigenvalue weighted by atomic mass is 10.0. The summed E-state index contributed by atoms with van der Waals surface area (Å²) in [4.78, 5) is 1.42. The van der Waals surface area contributed by atoms with E-state index >= 15 is 0 Å². The SMILES string of the molecule is Cc1ccc(C)c(C(Br)c2cc(Br)c(Cl)s2)c1. The van der Waals surface area contributed by atoms with Gasteiger partial charge in [0, 0.05) is 9.35 Å². The van der Waals surface area contributed by atoms with Crippen LogP contribution in [0, 0.1) is 13.8 Å². The van der Waals surface area contributed by atoms with Crippen molar-refractivity contribution in [3.05, 3.63) is 54.6 Å². The van der Waals surface area contributed by atoms with Gasteiger partial charge in [0.15, 0.2) is 0 Å². The Hall–Kier alpha value is 0.170. The molecule has 17 heavy (non-hydrogen) atoms. The molecule has 0 saturated carbocycles. The number of thiophene rings is 1. The molecule has 4 heteroatoms. The van der Waals surface area contributed by atoms with E-state index in [-0.39, 0.29) is 4.83 Å². The van der Waals surface area contributed by atoms with E-state index in [2.05, 4.69) is 70.0 Å². The van der Waals surface area contributed by atoms with Crippen molar-refractivity contribution < 1.29 is 0 Å². The highest BCUT2D eigenvalue weighted by Gasteiger charge is 2.16. The monoisotopic (exact) mass is 392 g/mol. The molecule has 2 aromatic rings. The molecule has 0 fully saturated rings. The number of hydrogen-bond donors (Lipinski definition) is 0. The van der Waals surface area contributed by atoms with E-state index < -0.39 is 0 Å². The van der Waals surface area contributed by atoms with Gasteiger partial charge in [-0.05, 0) is 47.0 Å². The van der Waals surface area contributed by atoms with Gasteiger partial charge in [-0.2, -0.15) is 0 Å². The second kappa shape index (κ2) is 5.43. The first kappa shape index (κ1) is 13.6. The molecule has 0 saturated heterocycles. The molecule has 0 aliphatic heterocycles. The van der Waals surface area contributed by atoms with Gasteiger partial charge in [0.25, 0.3) is 0 Å². The summed E-state index contributed by atoms with van der Waals surface area (Å²) >= 11 is 14.9. The fourth-order valence-electron chi connectivity index (χ4n) is 1.67. The standard InChI is InChI=1S/C13H11Br2ClS/c1-7-3-4-8(2)9(5-7)12(15)11-6-10(14)13(16)17-11/h3-6,12H,1-2H3. The van der Waals surface area contributed by atoms with E-state index in [0.717, 1.165) is 8.81 Å². The molecule has 0 aliphatic carbocycles. The van der Waals surface area contributed by atoms with Crippen LogP contribution in [0.1, 0.15) is 26.4 Å². The highest BCUT2D eigenvalue weighted by atomic mass is 79.9. The largest absolute Gasteiger partial charge is 0.126 e. The molecule has 0 nitrogen and oxygen atoms in total. The maximum Gasteiger partial charge on any atom is 0.107 e. The summed E-state index contributed by atoms with van der Waals surface area (Å²) in [6.07, 6.45) is 0. The van der Waals surface area contributed by atoms with Gasteiger partial charge in [0.1, 0.15) is 4.34 Å². The number of rotatable bonds is 2. The Morgan fingerprint density at radius 1 is 1.24 bits per heavy atom. The third kappa shape index (κ3) is 2.95. The van der Waals surface area contributed by atoms with Crippen molar-refractivity contribution in [3.8, 4) is 0 Å². The molecule has 0 bridgehead atoms. The molecule has 1 aromatic heterocycles. The quantitative estimate of drug-likeness (QED) is 0.527. The summed E-state index contributed by atoms with van der Waals surface area (Å²) < 4.78 is 1.77. The first-order valence-electron chi connectivity index (χ1n) is 5.15. The van der Waals surface area contributed by atoms with Crippen LogP contribution in [0.5, 0.6) is 0 Å². The molecule has 1 atom stereocenters. The number of hydrogen-bond acceptors (Lipinski definition) is 1. The van der Waals surface area contributed by atoms with Gasteiger partial charge < -0.3 is 0 Å². The van der Waals surface area contributed by atoms with Crippen molar-refractivity contribution in [2.24, 2.45) is 0 Å². The molecule has 1 aromatic carbocycles. The van der Waals surface area contributed by atoms with Crippen LogP contribution in [0.2, 0.25) is 4.34 Å². The minimum atomic E-state index is 0.205. The average molecular weight is 395 g/mol. The maximum atomic E-state index is 6.08. The van der Waals surface area contributed by atoms with Crippen molar-refractivity contribution >= 4 is 54.8 Å². The Morgan fingerprint density at radius 2 is 1.94 bits per heavy atom. The highest BCUT2D eigenvalue weighted by Crippen LogP contribution is 2.42. The summed E-state index contributed by atoms with van der Waals surface area (Å²) in [6, 6.07) is 8.59. The van der Waals surface area contributed by atoms with Crippen LogP contribution in [0.25, 0.3) is 0 Å². The van der Waals surface area contributed by atoms with Crippen LogP contribution in [0.4, 0.5) is 0 Å². The van der Waals surface area contributed by atoms with E-state index in [1.807, 2.05) is 0 Å². The Balaban J connectivity index is 2.42. The van der Waals surface area contributed by atoms with Crippen molar-refractivity contribution in [3.63, 3.8) is 0 Å². The number of benzene rings is 1. The van der Waals surface area contributed by atoms with Gasteiger partial charge >= 0.3 is 0 Å². The number of aryl methyl sites for hydroxylation is 2. The maximum absolute atomic E-state index is 6.08. The molecule has 0 N–H and O–H groups in total. The molecule has 0 amide bonds. The molecule has 90 valence electrons. The second-order valence-electron chi connectivity index (χ2n) is 3.99. The molecule has 1 heterocycles. The lowest BCUT2D eigenvalue weighted by Gasteiger charge is -2.12. The van der Waals surface area contributed by atoms with Gasteiger partial charge in [0.2, 0.25) is 0 Å². The molecule has 0 radical (unpaired) electrons. The summed E-state index contributed by atoms with van der Waals surface area (Å²) in [5.41, 5.74) is 3.87. The lowest BCUT2D eigenvalue weighted by molar-refractivity contribution is 1.16. The number of halogens is 3. The van der Waals surface area contributed by atoms with Gasteiger partial charge in [-0.3, -0.25) is 0 Å². The van der Waals surface area contributed by atoms with Crippen molar-refractivity contribution in [2.45, 2.75) is 18.7 Å². The van der Waals surface area contributed by atoms with Crippen molar-refractivity contribution in [1.29, 1.82) is 0 Å². The zero-order chi connectivity index (χ0) is 12.6. The lowest BCUT2D eigenvalue weighted by Crippen LogP contribution is -1.94. The van der Waals surface area contributed by atoms with E-state index in [0.29, 0.717) is 0 Å².